The number of imidazole rings is 1. The van der Waals surface area contributed by atoms with Crippen LogP contribution in [0.2, 0.25) is 5.02 Å². The molecule has 0 bridgehead atoms. The number of hydrogen-bond donors (Lipinski definition) is 2. The van der Waals surface area contributed by atoms with Crippen LogP contribution in [-0.4, -0.2) is 25.7 Å². The van der Waals surface area contributed by atoms with Crippen molar-refractivity contribution in [3.63, 3.8) is 0 Å². The molecule has 0 aliphatic rings. The van der Waals surface area contributed by atoms with Gasteiger partial charge in [-0.3, -0.25) is 4.84 Å². The zero-order valence-corrected chi connectivity index (χ0v) is 8.68. The lowest BCUT2D eigenvalue weighted by atomic mass is 10.4. The second-order valence-corrected chi connectivity index (χ2v) is 3.39. The van der Waals surface area contributed by atoms with E-state index in [0.717, 1.165) is 4.57 Å². The van der Waals surface area contributed by atoms with E-state index in [4.69, 9.17) is 22.6 Å². The molecule has 0 aromatic carbocycles. The summed E-state index contributed by atoms with van der Waals surface area (Å²) < 4.78 is 0.901. The first-order chi connectivity index (χ1) is 7.63. The number of halogens is 1. The summed E-state index contributed by atoms with van der Waals surface area (Å²) in [4.78, 5) is 23.3. The maximum absolute atomic E-state index is 11.0. The molecular formula is C8H7ClN4O3. The zero-order valence-electron chi connectivity index (χ0n) is 7.92. The number of aromatic nitrogens is 3. The van der Waals surface area contributed by atoms with Crippen molar-refractivity contribution in [2.45, 2.75) is 6.61 Å². The third-order valence-electron chi connectivity index (χ3n) is 1.94. The van der Waals surface area contributed by atoms with Crippen LogP contribution < -0.4 is 5.90 Å². The molecule has 0 aliphatic heterocycles. The Hall–Kier alpha value is -1.70. The minimum Gasteiger partial charge on any atom is -0.464 e. The molecule has 0 spiro atoms. The second-order valence-electron chi connectivity index (χ2n) is 2.95. The highest BCUT2D eigenvalue weighted by Gasteiger charge is 2.17. The Kier molecular flexibility index (Phi) is 2.73. The van der Waals surface area contributed by atoms with Crippen molar-refractivity contribution in [3.8, 4) is 0 Å². The molecule has 0 saturated carbocycles. The number of carbonyl (C=O) groups is 1. The van der Waals surface area contributed by atoms with Gasteiger partial charge in [0.1, 0.15) is 17.9 Å². The molecule has 3 N–H and O–H groups in total. The molecule has 0 unspecified atom stereocenters. The van der Waals surface area contributed by atoms with Gasteiger partial charge in [0.05, 0.1) is 5.02 Å². The molecule has 0 saturated heterocycles. The van der Waals surface area contributed by atoms with Crippen LogP contribution in [0.15, 0.2) is 12.3 Å². The molecule has 7 nitrogen and oxygen atoms in total. The fraction of sp³-hybridized carbons (Fsp3) is 0.125. The van der Waals surface area contributed by atoms with Crippen molar-refractivity contribution in [2.24, 2.45) is 5.90 Å². The molecular weight excluding hydrogens is 236 g/mol. The Labute approximate surface area is 94.4 Å². The number of nitrogens with two attached hydrogens (primary N) is 1. The van der Waals surface area contributed by atoms with Gasteiger partial charge in [-0.25, -0.2) is 25.2 Å². The minimum atomic E-state index is -1.20. The van der Waals surface area contributed by atoms with Gasteiger partial charge in [-0.15, -0.1) is 0 Å². The number of pyridine rings is 1. The van der Waals surface area contributed by atoms with E-state index in [-0.39, 0.29) is 18.1 Å². The summed E-state index contributed by atoms with van der Waals surface area (Å²) in [7, 11) is 0. The van der Waals surface area contributed by atoms with Gasteiger partial charge >= 0.3 is 6.09 Å². The highest BCUT2D eigenvalue weighted by molar-refractivity contribution is 6.31. The maximum Gasteiger partial charge on any atom is 0.418 e. The van der Waals surface area contributed by atoms with Gasteiger partial charge in [0, 0.05) is 6.20 Å². The summed E-state index contributed by atoms with van der Waals surface area (Å²) in [6.07, 6.45) is 0.141. The molecule has 2 aromatic rings. The van der Waals surface area contributed by atoms with Crippen LogP contribution >= 0.6 is 11.6 Å². The van der Waals surface area contributed by atoms with Crippen molar-refractivity contribution >= 4 is 28.9 Å². The Balaban J connectivity index is 2.70. The highest BCUT2D eigenvalue weighted by Crippen LogP contribution is 2.18. The minimum absolute atomic E-state index is 0.125. The van der Waals surface area contributed by atoms with E-state index < -0.39 is 6.09 Å². The number of fused-ring (bicyclic) bond motifs is 1. The summed E-state index contributed by atoms with van der Waals surface area (Å²) in [5.41, 5.74) is 0.575. The molecule has 0 amide bonds. The van der Waals surface area contributed by atoms with Gasteiger partial charge in [0.2, 0.25) is 0 Å². The molecule has 2 heterocycles. The SMILES string of the molecule is NOCc1nc2cc(Cl)cnc2n1C(=O)O. The smallest absolute Gasteiger partial charge is 0.418 e. The topological polar surface area (TPSA) is 103 Å². The van der Waals surface area contributed by atoms with E-state index in [9.17, 15) is 4.79 Å². The summed E-state index contributed by atoms with van der Waals surface area (Å²) in [5, 5.41) is 9.38. The van der Waals surface area contributed by atoms with Crippen LogP contribution in [0.1, 0.15) is 5.82 Å². The van der Waals surface area contributed by atoms with Crippen molar-refractivity contribution < 1.29 is 14.7 Å². The van der Waals surface area contributed by atoms with Gasteiger partial charge in [-0.2, -0.15) is 0 Å². The molecule has 0 aliphatic carbocycles. The number of hydrogen-bond acceptors (Lipinski definition) is 5. The Morgan fingerprint density at radius 3 is 3.06 bits per heavy atom. The summed E-state index contributed by atoms with van der Waals surface area (Å²) >= 11 is 5.72. The van der Waals surface area contributed by atoms with E-state index in [1.54, 1.807) is 0 Å². The van der Waals surface area contributed by atoms with Crippen molar-refractivity contribution in [3.05, 3.63) is 23.1 Å². The first kappa shape index (κ1) is 10.8. The molecule has 2 aromatic heterocycles. The number of nitrogens with zero attached hydrogens (tertiary/aromatic N) is 3. The lowest BCUT2D eigenvalue weighted by Gasteiger charge is -2.00. The largest absolute Gasteiger partial charge is 0.464 e. The van der Waals surface area contributed by atoms with Crippen LogP contribution in [0.25, 0.3) is 11.2 Å². The molecule has 0 fully saturated rings. The van der Waals surface area contributed by atoms with E-state index in [0.29, 0.717) is 10.5 Å². The lowest BCUT2D eigenvalue weighted by Crippen LogP contribution is -2.14. The lowest BCUT2D eigenvalue weighted by molar-refractivity contribution is 0.115. The first-order valence-corrected chi connectivity index (χ1v) is 4.59. The van der Waals surface area contributed by atoms with Gasteiger partial charge in [0.15, 0.2) is 5.65 Å². The highest BCUT2D eigenvalue weighted by atomic mass is 35.5. The Morgan fingerprint density at radius 1 is 1.69 bits per heavy atom. The molecule has 8 heteroatoms. The third kappa shape index (κ3) is 1.71. The van der Waals surface area contributed by atoms with Crippen LogP contribution in [0.3, 0.4) is 0 Å². The predicted octanol–water partition coefficient (Wildman–Crippen LogP) is 1.00. The van der Waals surface area contributed by atoms with Gasteiger partial charge in [-0.05, 0) is 6.07 Å². The summed E-state index contributed by atoms with van der Waals surface area (Å²) in [6.45, 7) is -0.125. The molecule has 16 heavy (non-hydrogen) atoms. The molecule has 0 atom stereocenters. The average molecular weight is 243 g/mol. The van der Waals surface area contributed by atoms with E-state index in [1.165, 1.54) is 12.3 Å². The van der Waals surface area contributed by atoms with Crippen LogP contribution in [-0.2, 0) is 11.4 Å². The van der Waals surface area contributed by atoms with Crippen molar-refractivity contribution in [1.82, 2.24) is 14.5 Å². The molecule has 0 radical (unpaired) electrons. The Morgan fingerprint density at radius 2 is 2.44 bits per heavy atom. The fourth-order valence-electron chi connectivity index (χ4n) is 1.36. The third-order valence-corrected chi connectivity index (χ3v) is 2.14. The Bertz CT molecular complexity index is 553. The van der Waals surface area contributed by atoms with Crippen LogP contribution in [0.4, 0.5) is 4.79 Å². The van der Waals surface area contributed by atoms with Crippen LogP contribution in [0.5, 0.6) is 0 Å². The van der Waals surface area contributed by atoms with Gasteiger partial charge in [-0.1, -0.05) is 11.6 Å². The first-order valence-electron chi connectivity index (χ1n) is 4.21. The number of rotatable bonds is 2. The quantitative estimate of drug-likeness (QED) is 0.762. The summed E-state index contributed by atoms with van der Waals surface area (Å²) in [6, 6.07) is 1.52. The standard InChI is InChI=1S/C8H7ClN4O3/c9-4-1-5-7(11-2-4)13(8(14)15)6(12-5)3-16-10/h1-2H,3,10H2,(H,14,15). The average Bonchev–Trinajstić information content (AvgIpc) is 2.55. The maximum atomic E-state index is 11.0. The van der Waals surface area contributed by atoms with Crippen LogP contribution in [0, 0.1) is 0 Å². The van der Waals surface area contributed by atoms with Crippen molar-refractivity contribution in [1.29, 1.82) is 0 Å². The molecule has 84 valence electrons. The van der Waals surface area contributed by atoms with Gasteiger partial charge in [0.25, 0.3) is 0 Å². The zero-order chi connectivity index (χ0) is 11.7. The predicted molar refractivity (Wildman–Crippen MR) is 54.9 cm³/mol. The van der Waals surface area contributed by atoms with Gasteiger partial charge < -0.3 is 5.11 Å². The molecule has 2 rings (SSSR count). The fourth-order valence-corrected chi connectivity index (χ4v) is 1.51. The van der Waals surface area contributed by atoms with E-state index >= 15 is 0 Å². The van der Waals surface area contributed by atoms with Crippen molar-refractivity contribution in [2.75, 3.05) is 0 Å². The second kappa shape index (κ2) is 4.05. The normalized spacial score (nSPS) is 10.9. The van der Waals surface area contributed by atoms with E-state index in [2.05, 4.69) is 14.8 Å². The number of carboxylic acid groups (broad SMARTS) is 1. The summed E-state index contributed by atoms with van der Waals surface area (Å²) in [5.74, 6) is 5.04. The van der Waals surface area contributed by atoms with E-state index in [1.807, 2.05) is 0 Å². The monoisotopic (exact) mass is 242 g/mol.